The molecular weight excluding hydrogens is 337 g/mol. The fourth-order valence-electron chi connectivity index (χ4n) is 2.92. The van der Waals surface area contributed by atoms with Crippen LogP contribution >= 0.6 is 22.6 Å². The van der Waals surface area contributed by atoms with Gasteiger partial charge in [-0.25, -0.2) is 0 Å². The monoisotopic (exact) mass is 357 g/mol. The van der Waals surface area contributed by atoms with Gasteiger partial charge in [0.05, 0.1) is 5.56 Å². The van der Waals surface area contributed by atoms with E-state index in [9.17, 15) is 4.79 Å². The summed E-state index contributed by atoms with van der Waals surface area (Å²) in [6, 6.07) is 8.10. The number of nitrogens with one attached hydrogen (secondary N) is 1. The van der Waals surface area contributed by atoms with Crippen molar-refractivity contribution in [2.45, 2.75) is 39.2 Å². The van der Waals surface area contributed by atoms with Crippen molar-refractivity contribution in [3.05, 3.63) is 33.4 Å². The number of benzene rings is 1. The lowest BCUT2D eigenvalue weighted by atomic mass is 9.93. The maximum absolute atomic E-state index is 12.2. The molecule has 3 heteroatoms. The summed E-state index contributed by atoms with van der Waals surface area (Å²) in [6.07, 6.45) is 3.58. The molecule has 3 unspecified atom stereocenters. The van der Waals surface area contributed by atoms with Crippen molar-refractivity contribution in [2.75, 3.05) is 0 Å². The third-order valence-corrected chi connectivity index (χ3v) is 5.13. The molecular formula is C15H20INO. The summed E-state index contributed by atoms with van der Waals surface area (Å²) in [4.78, 5) is 12.2. The molecule has 0 aromatic heterocycles. The highest BCUT2D eigenvalue weighted by atomic mass is 127. The van der Waals surface area contributed by atoms with E-state index < -0.39 is 0 Å². The van der Waals surface area contributed by atoms with Gasteiger partial charge in [-0.05, 0) is 59.4 Å². The molecule has 2 nitrogen and oxygen atoms in total. The highest BCUT2D eigenvalue weighted by Crippen LogP contribution is 2.34. The SMILES string of the molecule is CCC1CCC(NC(=O)c2ccccc2I)C1C. The van der Waals surface area contributed by atoms with E-state index in [0.29, 0.717) is 12.0 Å². The van der Waals surface area contributed by atoms with Crippen LogP contribution in [0, 0.1) is 15.4 Å². The van der Waals surface area contributed by atoms with Gasteiger partial charge in [0.15, 0.2) is 0 Å². The normalized spacial score (nSPS) is 27.2. The molecule has 1 aromatic carbocycles. The average molecular weight is 357 g/mol. The van der Waals surface area contributed by atoms with Crippen LogP contribution in [-0.2, 0) is 0 Å². The van der Waals surface area contributed by atoms with E-state index in [0.717, 1.165) is 21.5 Å². The molecule has 1 aliphatic carbocycles. The Labute approximate surface area is 123 Å². The Morgan fingerprint density at radius 3 is 2.72 bits per heavy atom. The van der Waals surface area contributed by atoms with Crippen molar-refractivity contribution in [3.63, 3.8) is 0 Å². The summed E-state index contributed by atoms with van der Waals surface area (Å²) in [7, 11) is 0. The molecule has 0 radical (unpaired) electrons. The second kappa shape index (κ2) is 6.04. The van der Waals surface area contributed by atoms with Crippen LogP contribution in [-0.4, -0.2) is 11.9 Å². The van der Waals surface area contributed by atoms with Gasteiger partial charge in [0.2, 0.25) is 0 Å². The van der Waals surface area contributed by atoms with Crippen LogP contribution in [0.1, 0.15) is 43.5 Å². The molecule has 98 valence electrons. The lowest BCUT2D eigenvalue weighted by Gasteiger charge is -2.21. The van der Waals surface area contributed by atoms with E-state index in [2.05, 4.69) is 41.8 Å². The van der Waals surface area contributed by atoms with E-state index in [1.807, 2.05) is 24.3 Å². The number of rotatable bonds is 3. The first-order valence-electron chi connectivity index (χ1n) is 6.69. The molecule has 18 heavy (non-hydrogen) atoms. The standard InChI is InChI=1S/C15H20INO/c1-3-11-8-9-14(10(11)2)17-15(18)12-6-4-5-7-13(12)16/h4-7,10-11,14H,3,8-9H2,1-2H3,(H,17,18). The number of halogens is 1. The lowest BCUT2D eigenvalue weighted by molar-refractivity contribution is 0.0925. The maximum Gasteiger partial charge on any atom is 0.252 e. The second-order valence-corrected chi connectivity index (χ2v) is 6.33. The molecule has 0 spiro atoms. The Hall–Kier alpha value is -0.580. The van der Waals surface area contributed by atoms with Crippen LogP contribution < -0.4 is 5.32 Å². The van der Waals surface area contributed by atoms with Crippen LogP contribution in [0.3, 0.4) is 0 Å². The molecule has 1 saturated carbocycles. The molecule has 0 bridgehead atoms. The molecule has 1 fully saturated rings. The summed E-state index contributed by atoms with van der Waals surface area (Å²) < 4.78 is 1.02. The number of amides is 1. The summed E-state index contributed by atoms with van der Waals surface area (Å²) in [5.41, 5.74) is 0.797. The van der Waals surface area contributed by atoms with Gasteiger partial charge in [-0.15, -0.1) is 0 Å². The topological polar surface area (TPSA) is 29.1 Å². The molecule has 3 atom stereocenters. The van der Waals surface area contributed by atoms with Crippen LogP contribution in [0.5, 0.6) is 0 Å². The smallest absolute Gasteiger partial charge is 0.252 e. The highest BCUT2D eigenvalue weighted by molar-refractivity contribution is 14.1. The number of hydrogen-bond acceptors (Lipinski definition) is 1. The van der Waals surface area contributed by atoms with Crippen molar-refractivity contribution >= 4 is 28.5 Å². The zero-order chi connectivity index (χ0) is 13.1. The first-order valence-corrected chi connectivity index (χ1v) is 7.76. The summed E-state index contributed by atoms with van der Waals surface area (Å²) in [6.45, 7) is 4.51. The molecule has 0 saturated heterocycles. The van der Waals surface area contributed by atoms with Crippen LogP contribution in [0.25, 0.3) is 0 Å². The van der Waals surface area contributed by atoms with Crippen molar-refractivity contribution in [3.8, 4) is 0 Å². The molecule has 1 aliphatic rings. The molecule has 2 rings (SSSR count). The van der Waals surface area contributed by atoms with E-state index >= 15 is 0 Å². The summed E-state index contributed by atoms with van der Waals surface area (Å²) in [5.74, 6) is 1.44. The molecule has 1 amide bonds. The number of carbonyl (C=O) groups is 1. The van der Waals surface area contributed by atoms with Gasteiger partial charge >= 0.3 is 0 Å². The Morgan fingerprint density at radius 2 is 2.11 bits per heavy atom. The van der Waals surface area contributed by atoms with Gasteiger partial charge in [0.25, 0.3) is 5.91 Å². The lowest BCUT2D eigenvalue weighted by Crippen LogP contribution is -2.37. The Bertz CT molecular complexity index is 432. The number of hydrogen-bond donors (Lipinski definition) is 1. The molecule has 0 aliphatic heterocycles. The second-order valence-electron chi connectivity index (χ2n) is 5.16. The fraction of sp³-hybridized carbons (Fsp3) is 0.533. The predicted octanol–water partition coefficient (Wildman–Crippen LogP) is 3.85. The quantitative estimate of drug-likeness (QED) is 0.819. The fourth-order valence-corrected chi connectivity index (χ4v) is 3.55. The van der Waals surface area contributed by atoms with Gasteiger partial charge in [0.1, 0.15) is 0 Å². The van der Waals surface area contributed by atoms with Crippen molar-refractivity contribution in [2.24, 2.45) is 11.8 Å². The zero-order valence-corrected chi connectivity index (χ0v) is 13.1. The Balaban J connectivity index is 2.03. The van der Waals surface area contributed by atoms with Crippen molar-refractivity contribution in [1.82, 2.24) is 5.32 Å². The minimum absolute atomic E-state index is 0.0774. The summed E-state index contributed by atoms with van der Waals surface area (Å²) >= 11 is 2.22. The average Bonchev–Trinajstić information content (AvgIpc) is 2.71. The molecule has 1 aromatic rings. The van der Waals surface area contributed by atoms with Crippen LogP contribution in [0.4, 0.5) is 0 Å². The van der Waals surface area contributed by atoms with Gasteiger partial charge in [-0.1, -0.05) is 32.4 Å². The van der Waals surface area contributed by atoms with Crippen LogP contribution in [0.2, 0.25) is 0 Å². The minimum Gasteiger partial charge on any atom is -0.349 e. The Morgan fingerprint density at radius 1 is 1.39 bits per heavy atom. The first kappa shape index (κ1) is 13.8. The van der Waals surface area contributed by atoms with E-state index in [-0.39, 0.29) is 5.91 Å². The first-order chi connectivity index (χ1) is 8.63. The van der Waals surface area contributed by atoms with E-state index in [1.54, 1.807) is 0 Å². The maximum atomic E-state index is 12.2. The number of carbonyl (C=O) groups excluding carboxylic acids is 1. The molecule has 0 heterocycles. The zero-order valence-electron chi connectivity index (χ0n) is 10.9. The predicted molar refractivity (Wildman–Crippen MR) is 82.6 cm³/mol. The van der Waals surface area contributed by atoms with Crippen LogP contribution in [0.15, 0.2) is 24.3 Å². The molecule has 1 N–H and O–H groups in total. The van der Waals surface area contributed by atoms with E-state index in [4.69, 9.17) is 0 Å². The highest BCUT2D eigenvalue weighted by Gasteiger charge is 2.32. The van der Waals surface area contributed by atoms with Gasteiger partial charge in [-0.3, -0.25) is 4.79 Å². The largest absolute Gasteiger partial charge is 0.349 e. The Kier molecular flexibility index (Phi) is 4.65. The van der Waals surface area contributed by atoms with Crippen molar-refractivity contribution < 1.29 is 4.79 Å². The minimum atomic E-state index is 0.0774. The third kappa shape index (κ3) is 2.87. The summed E-state index contributed by atoms with van der Waals surface area (Å²) in [5, 5.41) is 3.21. The third-order valence-electron chi connectivity index (χ3n) is 4.19. The van der Waals surface area contributed by atoms with Gasteiger partial charge in [-0.2, -0.15) is 0 Å². The van der Waals surface area contributed by atoms with Gasteiger partial charge < -0.3 is 5.32 Å². The van der Waals surface area contributed by atoms with Gasteiger partial charge in [0, 0.05) is 9.61 Å². The van der Waals surface area contributed by atoms with E-state index in [1.165, 1.54) is 12.8 Å². The van der Waals surface area contributed by atoms with Crippen molar-refractivity contribution in [1.29, 1.82) is 0 Å².